The lowest BCUT2D eigenvalue weighted by molar-refractivity contribution is -0.120. The van der Waals surface area contributed by atoms with Gasteiger partial charge in [-0.05, 0) is 25.0 Å². The number of amides is 1. The van der Waals surface area contributed by atoms with Crippen molar-refractivity contribution in [3.05, 3.63) is 48.0 Å². The van der Waals surface area contributed by atoms with Gasteiger partial charge in [-0.3, -0.25) is 4.79 Å². The summed E-state index contributed by atoms with van der Waals surface area (Å²) in [5.41, 5.74) is 0.362. The molecule has 1 aliphatic heterocycles. The van der Waals surface area contributed by atoms with Crippen LogP contribution in [-0.2, 0) is 19.6 Å². The number of ether oxygens (including phenoxy) is 3. The lowest BCUT2D eigenvalue weighted by Crippen LogP contribution is -2.41. The molecule has 9 nitrogen and oxygen atoms in total. The predicted molar refractivity (Wildman–Crippen MR) is 117 cm³/mol. The number of benzene rings is 2. The summed E-state index contributed by atoms with van der Waals surface area (Å²) in [4.78, 5) is 25.3. The first-order valence-electron chi connectivity index (χ1n) is 10.0. The average Bonchev–Trinajstić information content (AvgIpc) is 2.83. The lowest BCUT2D eigenvalue weighted by Gasteiger charge is -2.30. The highest BCUT2D eigenvalue weighted by atomic mass is 32.2. The topological polar surface area (TPSA) is 111 Å². The molecule has 1 N–H and O–H groups in total. The monoisotopic (exact) mass is 462 g/mol. The highest BCUT2D eigenvalue weighted by Gasteiger charge is 2.32. The predicted octanol–water partition coefficient (Wildman–Crippen LogP) is 2.53. The summed E-state index contributed by atoms with van der Waals surface area (Å²) >= 11 is 0. The number of carbonyl (C=O) groups is 2. The van der Waals surface area contributed by atoms with E-state index in [2.05, 4.69) is 5.32 Å². The zero-order valence-electron chi connectivity index (χ0n) is 18.2. The van der Waals surface area contributed by atoms with Crippen molar-refractivity contribution in [1.29, 1.82) is 0 Å². The molecule has 0 saturated carbocycles. The minimum Gasteiger partial charge on any atom is -0.493 e. The molecule has 10 heteroatoms. The maximum Gasteiger partial charge on any atom is 0.340 e. The number of hydrogen-bond acceptors (Lipinski definition) is 7. The van der Waals surface area contributed by atoms with Crippen LogP contribution < -0.4 is 14.8 Å². The Hall–Kier alpha value is -3.11. The molecule has 2 aromatic rings. The molecule has 1 aliphatic rings. The minimum atomic E-state index is -3.60. The lowest BCUT2D eigenvalue weighted by atomic mass is 9.97. The van der Waals surface area contributed by atoms with Gasteiger partial charge in [0.05, 0.1) is 37.5 Å². The van der Waals surface area contributed by atoms with Crippen molar-refractivity contribution in [2.45, 2.75) is 17.7 Å². The smallest absolute Gasteiger partial charge is 0.340 e. The molecule has 0 spiro atoms. The molecule has 0 bridgehead atoms. The molecular formula is C22H26N2O7S. The van der Waals surface area contributed by atoms with Gasteiger partial charge in [-0.2, -0.15) is 4.31 Å². The molecule has 0 atom stereocenters. The largest absolute Gasteiger partial charge is 0.493 e. The fourth-order valence-corrected chi connectivity index (χ4v) is 5.09. The van der Waals surface area contributed by atoms with Crippen LogP contribution in [0.1, 0.15) is 23.2 Å². The normalized spacial score (nSPS) is 15.1. The molecule has 0 aliphatic carbocycles. The first-order valence-corrected chi connectivity index (χ1v) is 11.5. The van der Waals surface area contributed by atoms with Gasteiger partial charge in [0.15, 0.2) is 11.5 Å². The molecule has 1 fully saturated rings. The van der Waals surface area contributed by atoms with E-state index in [-0.39, 0.29) is 35.1 Å². The van der Waals surface area contributed by atoms with E-state index < -0.39 is 21.9 Å². The Morgan fingerprint density at radius 2 is 1.56 bits per heavy atom. The SMILES string of the molecule is COC(=O)c1cc(OC)c(OC)cc1NC(=O)C1CCN(S(=O)(=O)c2ccccc2)CC1. The number of piperidine rings is 1. The van der Waals surface area contributed by atoms with Crippen LogP contribution in [-0.4, -0.2) is 59.0 Å². The molecule has 1 heterocycles. The number of hydrogen-bond donors (Lipinski definition) is 1. The number of methoxy groups -OCH3 is 3. The number of esters is 1. The molecule has 0 aromatic heterocycles. The Morgan fingerprint density at radius 3 is 2.12 bits per heavy atom. The summed E-state index contributed by atoms with van der Waals surface area (Å²) in [6, 6.07) is 11.2. The standard InChI is InChI=1S/C22H26N2O7S/c1-29-19-13-17(22(26)31-3)18(14-20(19)30-2)23-21(25)15-9-11-24(12-10-15)32(27,28)16-7-5-4-6-8-16/h4-8,13-15H,9-12H2,1-3H3,(H,23,25). The van der Waals surface area contributed by atoms with Crippen LogP contribution in [0, 0.1) is 5.92 Å². The van der Waals surface area contributed by atoms with Gasteiger partial charge in [0.2, 0.25) is 15.9 Å². The quantitative estimate of drug-likeness (QED) is 0.630. The van der Waals surface area contributed by atoms with E-state index in [0.29, 0.717) is 24.3 Å². The van der Waals surface area contributed by atoms with Crippen LogP contribution in [0.3, 0.4) is 0 Å². The number of rotatable bonds is 7. The maximum atomic E-state index is 12.9. The zero-order chi connectivity index (χ0) is 23.3. The Morgan fingerprint density at radius 1 is 0.969 bits per heavy atom. The maximum absolute atomic E-state index is 12.9. The van der Waals surface area contributed by atoms with E-state index in [9.17, 15) is 18.0 Å². The second kappa shape index (κ2) is 10.0. The highest BCUT2D eigenvalue weighted by Crippen LogP contribution is 2.34. The summed E-state index contributed by atoms with van der Waals surface area (Å²) in [7, 11) is 0.533. The summed E-state index contributed by atoms with van der Waals surface area (Å²) in [5.74, 6) is -0.676. The fourth-order valence-electron chi connectivity index (χ4n) is 3.60. The average molecular weight is 463 g/mol. The summed E-state index contributed by atoms with van der Waals surface area (Å²) in [6.45, 7) is 0.455. The van der Waals surface area contributed by atoms with Crippen LogP contribution in [0.15, 0.2) is 47.4 Å². The fraction of sp³-hybridized carbons (Fsp3) is 0.364. The van der Waals surface area contributed by atoms with E-state index in [4.69, 9.17) is 14.2 Å². The van der Waals surface area contributed by atoms with Crippen molar-refractivity contribution >= 4 is 27.6 Å². The Labute approximate surface area is 187 Å². The van der Waals surface area contributed by atoms with E-state index >= 15 is 0 Å². The van der Waals surface area contributed by atoms with Crippen molar-refractivity contribution in [3.8, 4) is 11.5 Å². The molecule has 1 amide bonds. The summed E-state index contributed by atoms with van der Waals surface area (Å²) < 4.78 is 42.3. The van der Waals surface area contributed by atoms with Gasteiger partial charge < -0.3 is 19.5 Å². The van der Waals surface area contributed by atoms with Crippen LogP contribution in [0.5, 0.6) is 11.5 Å². The first kappa shape index (κ1) is 23.6. The first-order chi connectivity index (χ1) is 15.3. The van der Waals surface area contributed by atoms with E-state index in [0.717, 1.165) is 0 Å². The molecule has 2 aromatic carbocycles. The Bertz CT molecular complexity index is 1080. The van der Waals surface area contributed by atoms with Gasteiger partial charge >= 0.3 is 5.97 Å². The molecule has 172 valence electrons. The van der Waals surface area contributed by atoms with E-state index in [1.54, 1.807) is 30.3 Å². The van der Waals surface area contributed by atoms with Crippen LogP contribution in [0.2, 0.25) is 0 Å². The van der Waals surface area contributed by atoms with Crippen LogP contribution >= 0.6 is 0 Å². The second-order valence-electron chi connectivity index (χ2n) is 7.23. The van der Waals surface area contributed by atoms with Crippen molar-refractivity contribution in [1.82, 2.24) is 4.31 Å². The van der Waals surface area contributed by atoms with Crippen molar-refractivity contribution in [2.75, 3.05) is 39.7 Å². The van der Waals surface area contributed by atoms with Gasteiger partial charge in [0.1, 0.15) is 0 Å². The van der Waals surface area contributed by atoms with Gasteiger partial charge in [-0.25, -0.2) is 13.2 Å². The van der Waals surface area contributed by atoms with Crippen LogP contribution in [0.4, 0.5) is 5.69 Å². The van der Waals surface area contributed by atoms with Gasteiger partial charge in [0, 0.05) is 31.1 Å². The Balaban J connectivity index is 1.73. The third-order valence-electron chi connectivity index (χ3n) is 5.39. The Kier molecular flexibility index (Phi) is 7.37. The minimum absolute atomic E-state index is 0.127. The number of anilines is 1. The zero-order valence-corrected chi connectivity index (χ0v) is 19.0. The third-order valence-corrected chi connectivity index (χ3v) is 7.31. The number of nitrogens with one attached hydrogen (secondary N) is 1. The number of sulfonamides is 1. The second-order valence-corrected chi connectivity index (χ2v) is 9.16. The van der Waals surface area contributed by atoms with E-state index in [1.165, 1.54) is 37.8 Å². The number of carbonyl (C=O) groups excluding carboxylic acids is 2. The van der Waals surface area contributed by atoms with Crippen LogP contribution in [0.25, 0.3) is 0 Å². The molecule has 0 radical (unpaired) electrons. The van der Waals surface area contributed by atoms with Gasteiger partial charge in [-0.1, -0.05) is 18.2 Å². The molecule has 32 heavy (non-hydrogen) atoms. The molecule has 1 saturated heterocycles. The molecule has 3 rings (SSSR count). The summed E-state index contributed by atoms with van der Waals surface area (Å²) in [6.07, 6.45) is 0.720. The van der Waals surface area contributed by atoms with Crippen molar-refractivity contribution in [3.63, 3.8) is 0 Å². The summed E-state index contributed by atoms with van der Waals surface area (Å²) in [5, 5.41) is 2.76. The van der Waals surface area contributed by atoms with Crippen molar-refractivity contribution < 1.29 is 32.2 Å². The highest BCUT2D eigenvalue weighted by molar-refractivity contribution is 7.89. The molecule has 0 unspecified atom stereocenters. The van der Waals surface area contributed by atoms with E-state index in [1.807, 2.05) is 0 Å². The third kappa shape index (κ3) is 4.86. The van der Waals surface area contributed by atoms with Gasteiger partial charge in [-0.15, -0.1) is 0 Å². The number of nitrogens with zero attached hydrogens (tertiary/aromatic N) is 1. The van der Waals surface area contributed by atoms with Crippen molar-refractivity contribution in [2.24, 2.45) is 5.92 Å². The van der Waals surface area contributed by atoms with Gasteiger partial charge in [0.25, 0.3) is 0 Å². The molecular weight excluding hydrogens is 436 g/mol.